The van der Waals surface area contributed by atoms with Crippen molar-refractivity contribution in [3.05, 3.63) is 24.0 Å². The quantitative estimate of drug-likeness (QED) is 0.718. The van der Waals surface area contributed by atoms with Crippen LogP contribution in [0.4, 0.5) is 11.8 Å². The maximum absolute atomic E-state index is 6.08. The van der Waals surface area contributed by atoms with Crippen molar-refractivity contribution in [2.45, 2.75) is 6.92 Å². The molecule has 1 aliphatic rings. The van der Waals surface area contributed by atoms with E-state index in [1.807, 2.05) is 19.1 Å². The predicted octanol–water partition coefficient (Wildman–Crippen LogP) is 0.685. The van der Waals surface area contributed by atoms with Crippen molar-refractivity contribution in [1.29, 1.82) is 0 Å². The molecule has 8 heteroatoms. The number of nitrogens with two attached hydrogens (primary N) is 1. The minimum atomic E-state index is 0.333. The first kappa shape index (κ1) is 13.1. The topological polar surface area (TPSA) is 97.5 Å². The summed E-state index contributed by atoms with van der Waals surface area (Å²) in [4.78, 5) is 11.3. The molecule has 1 saturated heterocycles. The predicted molar refractivity (Wildman–Crippen MR) is 82.7 cm³/mol. The first-order chi connectivity index (χ1) is 10.7. The minimum absolute atomic E-state index is 0.333. The highest BCUT2D eigenvalue weighted by Crippen LogP contribution is 2.25. The van der Waals surface area contributed by atoms with Crippen LogP contribution in [0.2, 0.25) is 0 Å². The van der Waals surface area contributed by atoms with Gasteiger partial charge < -0.3 is 20.4 Å². The van der Waals surface area contributed by atoms with Gasteiger partial charge in [0.25, 0.3) is 0 Å². The van der Waals surface area contributed by atoms with E-state index in [1.165, 1.54) is 0 Å². The summed E-state index contributed by atoms with van der Waals surface area (Å²) in [5.74, 6) is 2.34. The second-order valence-corrected chi connectivity index (χ2v) is 5.30. The molecule has 0 radical (unpaired) electrons. The number of furan rings is 1. The molecule has 0 amide bonds. The number of fused-ring (bicyclic) bond motifs is 1. The van der Waals surface area contributed by atoms with Gasteiger partial charge in [0.15, 0.2) is 11.4 Å². The molecule has 3 aromatic rings. The van der Waals surface area contributed by atoms with Crippen molar-refractivity contribution in [2.75, 3.05) is 36.8 Å². The number of hydrogen-bond acceptors (Lipinski definition) is 7. The van der Waals surface area contributed by atoms with Crippen LogP contribution in [0.3, 0.4) is 0 Å². The van der Waals surface area contributed by atoms with Gasteiger partial charge in [-0.25, -0.2) is 4.98 Å². The van der Waals surface area contributed by atoms with Crippen LogP contribution < -0.4 is 16.0 Å². The number of rotatable bonds is 2. The highest BCUT2D eigenvalue weighted by Gasteiger charge is 2.20. The second-order valence-electron chi connectivity index (χ2n) is 5.30. The van der Waals surface area contributed by atoms with Crippen LogP contribution in [0.25, 0.3) is 17.2 Å². The zero-order chi connectivity index (χ0) is 15.1. The highest BCUT2D eigenvalue weighted by atomic mass is 16.3. The Labute approximate surface area is 126 Å². The molecule has 4 heterocycles. The van der Waals surface area contributed by atoms with Crippen molar-refractivity contribution < 1.29 is 4.42 Å². The molecule has 3 aromatic heterocycles. The van der Waals surface area contributed by atoms with Crippen LogP contribution in [0, 0.1) is 6.92 Å². The first-order valence-corrected chi connectivity index (χ1v) is 7.26. The Bertz CT molecular complexity index is 802. The number of anilines is 2. The van der Waals surface area contributed by atoms with Crippen LogP contribution in [0.5, 0.6) is 0 Å². The molecule has 0 spiro atoms. The summed E-state index contributed by atoms with van der Waals surface area (Å²) in [5, 5.41) is 7.73. The van der Waals surface area contributed by atoms with Gasteiger partial charge in [0, 0.05) is 31.7 Å². The molecular formula is C14H17N7O. The van der Waals surface area contributed by atoms with Gasteiger partial charge in [0.2, 0.25) is 11.8 Å². The molecule has 0 saturated carbocycles. The van der Waals surface area contributed by atoms with Crippen molar-refractivity contribution in [3.8, 4) is 11.6 Å². The molecule has 0 aliphatic carbocycles. The van der Waals surface area contributed by atoms with E-state index in [9.17, 15) is 0 Å². The molecule has 3 N–H and O–H groups in total. The van der Waals surface area contributed by atoms with E-state index in [2.05, 4.69) is 25.3 Å². The smallest absolute Gasteiger partial charge is 0.225 e. The Morgan fingerprint density at radius 1 is 1.27 bits per heavy atom. The van der Waals surface area contributed by atoms with Crippen molar-refractivity contribution in [3.63, 3.8) is 0 Å². The number of aryl methyl sites for hydroxylation is 1. The summed E-state index contributed by atoms with van der Waals surface area (Å²) in [5.41, 5.74) is 7.76. The second kappa shape index (κ2) is 4.99. The Hall–Kier alpha value is -2.61. The van der Waals surface area contributed by atoms with Gasteiger partial charge in [-0.1, -0.05) is 0 Å². The zero-order valence-corrected chi connectivity index (χ0v) is 12.3. The van der Waals surface area contributed by atoms with E-state index in [0.29, 0.717) is 23.2 Å². The average molecular weight is 299 g/mol. The lowest BCUT2D eigenvalue weighted by Crippen LogP contribution is -2.44. The highest BCUT2D eigenvalue weighted by molar-refractivity contribution is 5.66. The molecule has 0 atom stereocenters. The number of nitrogen functional groups attached to an aromatic ring is 1. The standard InChI is InChI=1S/C14H17N7O/c1-9-12(20-6-4-16-5-7-20)18-14(15)21-13(9)17-11(19-21)10-3-2-8-22-10/h2-3,8,16H,4-7H2,1H3,(H2,15,18). The fraction of sp³-hybridized carbons (Fsp3) is 0.357. The molecule has 0 aromatic carbocycles. The SMILES string of the molecule is Cc1c(N2CCNCC2)nc(N)n2nc(-c3ccco3)nc12. The zero-order valence-electron chi connectivity index (χ0n) is 12.3. The van der Waals surface area contributed by atoms with Crippen LogP contribution in [0.15, 0.2) is 22.8 Å². The van der Waals surface area contributed by atoms with E-state index in [4.69, 9.17) is 10.2 Å². The Morgan fingerprint density at radius 3 is 2.82 bits per heavy atom. The Morgan fingerprint density at radius 2 is 2.09 bits per heavy atom. The minimum Gasteiger partial charge on any atom is -0.461 e. The maximum atomic E-state index is 6.08. The summed E-state index contributed by atoms with van der Waals surface area (Å²) >= 11 is 0. The lowest BCUT2D eigenvalue weighted by atomic mass is 10.2. The lowest BCUT2D eigenvalue weighted by molar-refractivity contribution is 0.577. The van der Waals surface area contributed by atoms with Crippen molar-refractivity contribution in [2.24, 2.45) is 0 Å². The molecule has 0 bridgehead atoms. The summed E-state index contributed by atoms with van der Waals surface area (Å²) in [6.45, 7) is 5.69. The summed E-state index contributed by atoms with van der Waals surface area (Å²) in [7, 11) is 0. The normalized spacial score (nSPS) is 15.6. The molecule has 4 rings (SSSR count). The first-order valence-electron chi connectivity index (χ1n) is 7.26. The van der Waals surface area contributed by atoms with Crippen molar-refractivity contribution in [1.82, 2.24) is 24.9 Å². The van der Waals surface area contributed by atoms with Crippen LogP contribution in [-0.4, -0.2) is 45.8 Å². The molecule has 0 unspecified atom stereocenters. The number of hydrogen-bond donors (Lipinski definition) is 2. The van der Waals surface area contributed by atoms with E-state index >= 15 is 0 Å². The van der Waals surface area contributed by atoms with Gasteiger partial charge >= 0.3 is 0 Å². The van der Waals surface area contributed by atoms with Gasteiger partial charge in [-0.05, 0) is 19.1 Å². The van der Waals surface area contributed by atoms with Gasteiger partial charge in [-0.3, -0.25) is 0 Å². The summed E-state index contributed by atoms with van der Waals surface area (Å²) in [6.07, 6.45) is 1.60. The van der Waals surface area contributed by atoms with Crippen molar-refractivity contribution >= 4 is 17.4 Å². The van der Waals surface area contributed by atoms with E-state index in [0.717, 1.165) is 37.6 Å². The van der Waals surface area contributed by atoms with Crippen LogP contribution in [0.1, 0.15) is 5.56 Å². The van der Waals surface area contributed by atoms with Gasteiger partial charge in [0.1, 0.15) is 5.82 Å². The lowest BCUT2D eigenvalue weighted by Gasteiger charge is -2.29. The molecule has 1 aliphatic heterocycles. The number of nitrogens with one attached hydrogen (secondary N) is 1. The Balaban J connectivity index is 1.85. The maximum Gasteiger partial charge on any atom is 0.225 e. The van der Waals surface area contributed by atoms with E-state index in [1.54, 1.807) is 10.8 Å². The number of piperazine rings is 1. The largest absolute Gasteiger partial charge is 0.461 e. The summed E-state index contributed by atoms with van der Waals surface area (Å²) < 4.78 is 6.93. The molecule has 1 fully saturated rings. The number of aromatic nitrogens is 4. The molecule has 8 nitrogen and oxygen atoms in total. The fourth-order valence-electron chi connectivity index (χ4n) is 2.75. The van der Waals surface area contributed by atoms with Gasteiger partial charge in [-0.15, -0.1) is 5.10 Å². The fourth-order valence-corrected chi connectivity index (χ4v) is 2.75. The Kier molecular flexibility index (Phi) is 2.97. The molecular weight excluding hydrogens is 282 g/mol. The van der Waals surface area contributed by atoms with E-state index < -0.39 is 0 Å². The average Bonchev–Trinajstić information content (AvgIpc) is 3.20. The van der Waals surface area contributed by atoms with Crippen LogP contribution in [-0.2, 0) is 0 Å². The third-order valence-electron chi connectivity index (χ3n) is 3.87. The van der Waals surface area contributed by atoms with Crippen LogP contribution >= 0.6 is 0 Å². The number of nitrogens with zero attached hydrogens (tertiary/aromatic N) is 5. The summed E-state index contributed by atoms with van der Waals surface area (Å²) in [6, 6.07) is 3.63. The van der Waals surface area contributed by atoms with Gasteiger partial charge in [-0.2, -0.15) is 9.50 Å². The third-order valence-corrected chi connectivity index (χ3v) is 3.87. The molecule has 22 heavy (non-hydrogen) atoms. The third kappa shape index (κ3) is 2.00. The monoisotopic (exact) mass is 299 g/mol. The van der Waals surface area contributed by atoms with E-state index in [-0.39, 0.29) is 0 Å². The van der Waals surface area contributed by atoms with Gasteiger partial charge in [0.05, 0.1) is 6.26 Å². The molecule has 114 valence electrons.